The zero-order valence-corrected chi connectivity index (χ0v) is 10.8. The third-order valence-corrected chi connectivity index (χ3v) is 2.86. The number of nitrogens with two attached hydrogens (primary N) is 1. The first-order chi connectivity index (χ1) is 7.78. The molecule has 102 valence electrons. The molecular formula is C11H12Cl2F3NO. The molecule has 0 atom stereocenters. The molecule has 0 bridgehead atoms. The van der Waals surface area contributed by atoms with Crippen LogP contribution in [-0.4, -0.2) is 12.8 Å². The summed E-state index contributed by atoms with van der Waals surface area (Å²) in [6.45, 7) is -1.33. The van der Waals surface area contributed by atoms with Crippen molar-refractivity contribution in [3.63, 3.8) is 0 Å². The Morgan fingerprint density at radius 1 is 1.28 bits per heavy atom. The van der Waals surface area contributed by atoms with E-state index in [-0.39, 0.29) is 18.2 Å². The highest BCUT2D eigenvalue weighted by Crippen LogP contribution is 2.44. The van der Waals surface area contributed by atoms with Crippen LogP contribution in [-0.2, 0) is 5.54 Å². The van der Waals surface area contributed by atoms with E-state index < -0.39 is 18.3 Å². The number of ether oxygens (including phenoxy) is 1. The van der Waals surface area contributed by atoms with Gasteiger partial charge in [-0.05, 0) is 36.6 Å². The predicted molar refractivity (Wildman–Crippen MR) is 65.3 cm³/mol. The minimum Gasteiger partial charge on any atom is -0.484 e. The summed E-state index contributed by atoms with van der Waals surface area (Å²) in [5.41, 5.74) is 6.23. The highest BCUT2D eigenvalue weighted by atomic mass is 35.5. The molecule has 7 heteroatoms. The molecule has 1 fully saturated rings. The van der Waals surface area contributed by atoms with Crippen molar-refractivity contribution in [2.45, 2.75) is 24.6 Å². The Labute approximate surface area is 114 Å². The van der Waals surface area contributed by atoms with Crippen LogP contribution in [0.1, 0.15) is 18.4 Å². The van der Waals surface area contributed by atoms with Gasteiger partial charge in [0.15, 0.2) is 6.61 Å². The molecule has 1 saturated carbocycles. The lowest BCUT2D eigenvalue weighted by Crippen LogP contribution is -2.21. The van der Waals surface area contributed by atoms with Gasteiger partial charge in [0.2, 0.25) is 0 Å². The third-order valence-electron chi connectivity index (χ3n) is 2.64. The summed E-state index contributed by atoms with van der Waals surface area (Å²) in [6.07, 6.45) is -2.74. The Kier molecular flexibility index (Phi) is 4.41. The minimum absolute atomic E-state index is 0. The van der Waals surface area contributed by atoms with E-state index in [4.69, 9.17) is 17.3 Å². The van der Waals surface area contributed by atoms with Crippen LogP contribution in [0.3, 0.4) is 0 Å². The van der Waals surface area contributed by atoms with Crippen LogP contribution in [0.2, 0.25) is 5.02 Å². The SMILES string of the molecule is Cl.NC1(c2cc(Cl)cc(OCC(F)(F)F)c2)CC1. The Hall–Kier alpha value is -0.650. The summed E-state index contributed by atoms with van der Waals surface area (Å²) in [6, 6.07) is 4.53. The second-order valence-corrected chi connectivity index (χ2v) is 4.67. The van der Waals surface area contributed by atoms with Crippen molar-refractivity contribution < 1.29 is 17.9 Å². The van der Waals surface area contributed by atoms with E-state index in [1.807, 2.05) is 0 Å². The molecule has 2 N–H and O–H groups in total. The fraction of sp³-hybridized carbons (Fsp3) is 0.455. The van der Waals surface area contributed by atoms with Gasteiger partial charge in [-0.25, -0.2) is 0 Å². The lowest BCUT2D eigenvalue weighted by atomic mass is 10.1. The van der Waals surface area contributed by atoms with E-state index in [9.17, 15) is 13.2 Å². The molecular weight excluding hydrogens is 290 g/mol. The van der Waals surface area contributed by atoms with Crippen molar-refractivity contribution in [1.29, 1.82) is 0 Å². The molecule has 0 aliphatic heterocycles. The molecule has 0 aromatic heterocycles. The van der Waals surface area contributed by atoms with Gasteiger partial charge in [0.05, 0.1) is 0 Å². The highest BCUT2D eigenvalue weighted by Gasteiger charge is 2.40. The number of halogens is 5. The molecule has 1 aliphatic rings. The third kappa shape index (κ3) is 3.93. The average Bonchev–Trinajstić information content (AvgIpc) is 2.93. The molecule has 2 rings (SSSR count). The van der Waals surface area contributed by atoms with Gasteiger partial charge in [-0.2, -0.15) is 13.2 Å². The van der Waals surface area contributed by atoms with Gasteiger partial charge in [0, 0.05) is 10.6 Å². The number of hydrogen-bond donors (Lipinski definition) is 1. The van der Waals surface area contributed by atoms with E-state index in [0.29, 0.717) is 5.02 Å². The van der Waals surface area contributed by atoms with Crippen LogP contribution in [0.4, 0.5) is 13.2 Å². The maximum absolute atomic E-state index is 12.0. The standard InChI is InChI=1S/C11H11ClF3NO.ClH/c12-8-3-7(10(16)1-2-10)4-9(5-8)17-6-11(13,14)15;/h3-5H,1-2,6,16H2;1H. The van der Waals surface area contributed by atoms with E-state index in [2.05, 4.69) is 4.74 Å². The van der Waals surface area contributed by atoms with Gasteiger partial charge in [-0.3, -0.25) is 0 Å². The Morgan fingerprint density at radius 2 is 1.89 bits per heavy atom. The van der Waals surface area contributed by atoms with Crippen LogP contribution in [0.25, 0.3) is 0 Å². The molecule has 1 aromatic rings. The number of benzene rings is 1. The van der Waals surface area contributed by atoms with Crippen LogP contribution in [0, 0.1) is 0 Å². The first-order valence-electron chi connectivity index (χ1n) is 5.08. The van der Waals surface area contributed by atoms with E-state index >= 15 is 0 Å². The number of alkyl halides is 3. The fourth-order valence-corrected chi connectivity index (χ4v) is 1.75. The Bertz CT molecular complexity index is 433. The molecule has 18 heavy (non-hydrogen) atoms. The van der Waals surface area contributed by atoms with Crippen molar-refractivity contribution >= 4 is 24.0 Å². The van der Waals surface area contributed by atoms with Crippen molar-refractivity contribution in [2.75, 3.05) is 6.61 Å². The maximum atomic E-state index is 12.0. The molecule has 0 radical (unpaired) electrons. The second kappa shape index (κ2) is 5.15. The molecule has 2 nitrogen and oxygen atoms in total. The van der Waals surface area contributed by atoms with Crippen LogP contribution in [0.5, 0.6) is 5.75 Å². The maximum Gasteiger partial charge on any atom is 0.422 e. The van der Waals surface area contributed by atoms with E-state index in [1.165, 1.54) is 12.1 Å². The molecule has 0 spiro atoms. The molecule has 1 aromatic carbocycles. The van der Waals surface area contributed by atoms with Gasteiger partial charge < -0.3 is 10.5 Å². The first-order valence-corrected chi connectivity index (χ1v) is 5.46. The predicted octanol–water partition coefficient (Wildman–Crippen LogP) is 3.65. The number of hydrogen-bond acceptors (Lipinski definition) is 2. The van der Waals surface area contributed by atoms with E-state index in [1.54, 1.807) is 6.07 Å². The Morgan fingerprint density at radius 3 is 2.39 bits per heavy atom. The summed E-state index contributed by atoms with van der Waals surface area (Å²) in [4.78, 5) is 0. The second-order valence-electron chi connectivity index (χ2n) is 4.24. The molecule has 0 amide bonds. The lowest BCUT2D eigenvalue weighted by Gasteiger charge is -2.14. The van der Waals surface area contributed by atoms with Crippen LogP contribution >= 0.6 is 24.0 Å². The average molecular weight is 302 g/mol. The van der Waals surface area contributed by atoms with Gasteiger partial charge >= 0.3 is 6.18 Å². The zero-order chi connectivity index (χ0) is 12.7. The molecule has 1 aliphatic carbocycles. The van der Waals surface area contributed by atoms with Crippen molar-refractivity contribution in [3.05, 3.63) is 28.8 Å². The molecule has 0 unspecified atom stereocenters. The van der Waals surface area contributed by atoms with Gasteiger partial charge in [-0.15, -0.1) is 12.4 Å². The smallest absolute Gasteiger partial charge is 0.422 e. The summed E-state index contributed by atoms with van der Waals surface area (Å²) >= 11 is 5.82. The Balaban J connectivity index is 0.00000162. The lowest BCUT2D eigenvalue weighted by molar-refractivity contribution is -0.153. The number of rotatable bonds is 3. The van der Waals surface area contributed by atoms with E-state index in [0.717, 1.165) is 18.4 Å². The van der Waals surface area contributed by atoms with Crippen molar-refractivity contribution in [3.8, 4) is 5.75 Å². The van der Waals surface area contributed by atoms with Gasteiger partial charge in [0.1, 0.15) is 5.75 Å². The summed E-state index contributed by atoms with van der Waals surface area (Å²) in [5.74, 6) is 0.0987. The largest absolute Gasteiger partial charge is 0.484 e. The van der Waals surface area contributed by atoms with Gasteiger partial charge in [0.25, 0.3) is 0 Å². The van der Waals surface area contributed by atoms with Crippen LogP contribution < -0.4 is 10.5 Å². The monoisotopic (exact) mass is 301 g/mol. The fourth-order valence-electron chi connectivity index (χ4n) is 1.52. The first kappa shape index (κ1) is 15.4. The normalized spacial score (nSPS) is 16.9. The summed E-state index contributed by atoms with van der Waals surface area (Å²) in [7, 11) is 0. The topological polar surface area (TPSA) is 35.2 Å². The van der Waals surface area contributed by atoms with Crippen molar-refractivity contribution in [2.24, 2.45) is 5.73 Å². The van der Waals surface area contributed by atoms with Crippen molar-refractivity contribution in [1.82, 2.24) is 0 Å². The van der Waals surface area contributed by atoms with Gasteiger partial charge in [-0.1, -0.05) is 11.6 Å². The summed E-state index contributed by atoms with van der Waals surface area (Å²) < 4.78 is 40.7. The van der Waals surface area contributed by atoms with Crippen LogP contribution in [0.15, 0.2) is 18.2 Å². The quantitative estimate of drug-likeness (QED) is 0.925. The molecule has 0 saturated heterocycles. The molecule has 0 heterocycles. The highest BCUT2D eigenvalue weighted by molar-refractivity contribution is 6.30. The zero-order valence-electron chi connectivity index (χ0n) is 9.26. The summed E-state index contributed by atoms with van der Waals surface area (Å²) in [5, 5.41) is 0.330. The minimum atomic E-state index is -4.36.